The van der Waals surface area contributed by atoms with Gasteiger partial charge in [-0.25, -0.2) is 9.37 Å². The van der Waals surface area contributed by atoms with Crippen molar-refractivity contribution in [3.8, 4) is 0 Å². The Morgan fingerprint density at radius 3 is 2.74 bits per heavy atom. The Kier molecular flexibility index (Phi) is 3.68. The molecule has 1 aromatic heterocycles. The lowest BCUT2D eigenvalue weighted by Gasteiger charge is -2.16. The third kappa shape index (κ3) is 2.34. The number of aryl methyl sites for hydroxylation is 1. The molecule has 19 heavy (non-hydrogen) atoms. The Morgan fingerprint density at radius 1 is 1.32 bits per heavy atom. The van der Waals surface area contributed by atoms with E-state index in [0.29, 0.717) is 23.9 Å². The highest BCUT2D eigenvalue weighted by Gasteiger charge is 2.23. The third-order valence-corrected chi connectivity index (χ3v) is 4.29. The van der Waals surface area contributed by atoms with Crippen molar-refractivity contribution in [3.63, 3.8) is 0 Å². The van der Waals surface area contributed by atoms with Crippen LogP contribution in [-0.2, 0) is 6.42 Å². The average Bonchev–Trinajstić information content (AvgIpc) is 2.98. The molecule has 0 saturated heterocycles. The minimum absolute atomic E-state index is 0.157. The van der Waals surface area contributed by atoms with Crippen molar-refractivity contribution < 1.29 is 4.39 Å². The summed E-state index contributed by atoms with van der Waals surface area (Å²) < 4.78 is 15.8. The molecule has 102 valence electrons. The molecule has 0 bridgehead atoms. The normalized spacial score (nSPS) is 16.6. The Morgan fingerprint density at radius 2 is 2.05 bits per heavy atom. The van der Waals surface area contributed by atoms with E-state index in [1.165, 1.54) is 18.9 Å². The number of halogens is 3. The number of hydrogen-bond acceptors (Lipinski definition) is 1. The molecule has 0 unspecified atom stereocenters. The largest absolute Gasteiger partial charge is 0.325 e. The highest BCUT2D eigenvalue weighted by molar-refractivity contribution is 6.31. The fourth-order valence-electron chi connectivity index (χ4n) is 2.97. The van der Waals surface area contributed by atoms with Crippen LogP contribution in [0.2, 0.25) is 5.02 Å². The van der Waals surface area contributed by atoms with E-state index >= 15 is 0 Å². The van der Waals surface area contributed by atoms with Crippen molar-refractivity contribution in [3.05, 3.63) is 28.8 Å². The minimum atomic E-state index is -0.414. The number of aromatic nitrogens is 2. The monoisotopic (exact) mass is 300 g/mol. The molecular formula is C14H15Cl2FN2. The lowest BCUT2D eigenvalue weighted by molar-refractivity contribution is 0.513. The van der Waals surface area contributed by atoms with Gasteiger partial charge in [0.25, 0.3) is 0 Å². The van der Waals surface area contributed by atoms with Gasteiger partial charge in [-0.3, -0.25) is 0 Å². The van der Waals surface area contributed by atoms with Crippen molar-refractivity contribution in [1.29, 1.82) is 0 Å². The summed E-state index contributed by atoms with van der Waals surface area (Å²) in [6, 6.07) is 3.56. The van der Waals surface area contributed by atoms with Gasteiger partial charge in [-0.2, -0.15) is 0 Å². The number of imidazole rings is 1. The lowest BCUT2D eigenvalue weighted by Crippen LogP contribution is -2.09. The molecule has 1 aromatic carbocycles. The summed E-state index contributed by atoms with van der Waals surface area (Å²) in [7, 11) is 0. The van der Waals surface area contributed by atoms with Crippen LogP contribution >= 0.6 is 23.2 Å². The SMILES string of the molecule is Fc1cc2nc(CCCl)n(C3CCCC3)c2cc1Cl. The summed E-state index contributed by atoms with van der Waals surface area (Å²) in [5.74, 6) is 1.05. The van der Waals surface area contributed by atoms with Crippen molar-refractivity contribution in [2.45, 2.75) is 38.1 Å². The predicted octanol–water partition coefficient (Wildman–Crippen LogP) is 4.73. The zero-order valence-electron chi connectivity index (χ0n) is 10.5. The van der Waals surface area contributed by atoms with Gasteiger partial charge in [0, 0.05) is 24.4 Å². The average molecular weight is 301 g/mol. The van der Waals surface area contributed by atoms with E-state index in [2.05, 4.69) is 9.55 Å². The van der Waals surface area contributed by atoms with Gasteiger partial charge in [-0.05, 0) is 18.9 Å². The van der Waals surface area contributed by atoms with E-state index in [0.717, 1.165) is 24.2 Å². The van der Waals surface area contributed by atoms with Gasteiger partial charge in [0.1, 0.15) is 11.6 Å². The van der Waals surface area contributed by atoms with Gasteiger partial charge in [-0.15, -0.1) is 11.6 Å². The summed E-state index contributed by atoms with van der Waals surface area (Å²) in [6.07, 6.45) is 5.47. The number of benzene rings is 1. The Hall–Kier alpha value is -0.800. The maximum Gasteiger partial charge on any atom is 0.144 e. The van der Waals surface area contributed by atoms with Gasteiger partial charge < -0.3 is 4.57 Å². The van der Waals surface area contributed by atoms with E-state index in [4.69, 9.17) is 23.2 Å². The maximum absolute atomic E-state index is 13.5. The molecule has 1 aliphatic carbocycles. The first-order valence-electron chi connectivity index (χ1n) is 6.62. The maximum atomic E-state index is 13.5. The van der Waals surface area contributed by atoms with Crippen LogP contribution in [0.1, 0.15) is 37.5 Å². The van der Waals surface area contributed by atoms with Crippen LogP contribution in [0.15, 0.2) is 12.1 Å². The first kappa shape index (κ1) is 13.2. The summed E-state index contributed by atoms with van der Waals surface area (Å²) in [6.45, 7) is 0. The molecule has 3 rings (SSSR count). The molecular weight excluding hydrogens is 286 g/mol. The lowest BCUT2D eigenvalue weighted by atomic mass is 10.2. The van der Waals surface area contributed by atoms with Crippen LogP contribution in [-0.4, -0.2) is 15.4 Å². The van der Waals surface area contributed by atoms with E-state index in [9.17, 15) is 4.39 Å². The van der Waals surface area contributed by atoms with Gasteiger partial charge in [0.05, 0.1) is 16.1 Å². The van der Waals surface area contributed by atoms with Crippen molar-refractivity contribution in [2.24, 2.45) is 0 Å². The zero-order chi connectivity index (χ0) is 13.4. The van der Waals surface area contributed by atoms with Crippen LogP contribution in [0.3, 0.4) is 0 Å². The first-order chi connectivity index (χ1) is 9.20. The molecule has 1 fully saturated rings. The van der Waals surface area contributed by atoms with E-state index in [-0.39, 0.29) is 5.02 Å². The topological polar surface area (TPSA) is 17.8 Å². The van der Waals surface area contributed by atoms with Crippen LogP contribution in [0.25, 0.3) is 11.0 Å². The van der Waals surface area contributed by atoms with Crippen LogP contribution < -0.4 is 0 Å². The van der Waals surface area contributed by atoms with E-state index in [1.54, 1.807) is 6.07 Å². The molecule has 1 heterocycles. The molecule has 2 nitrogen and oxygen atoms in total. The number of fused-ring (bicyclic) bond motifs is 1. The number of alkyl halides is 1. The second-order valence-corrected chi connectivity index (χ2v) is 5.82. The number of rotatable bonds is 3. The summed E-state index contributed by atoms with van der Waals surface area (Å²) >= 11 is 11.8. The Labute approximate surface area is 121 Å². The standard InChI is InChI=1S/C14H15Cl2FN2/c15-6-5-14-18-12-8-11(17)10(16)7-13(12)19(14)9-3-1-2-4-9/h7-9H,1-6H2. The van der Waals surface area contributed by atoms with Crippen molar-refractivity contribution in [2.75, 3.05) is 5.88 Å². The van der Waals surface area contributed by atoms with E-state index in [1.807, 2.05) is 0 Å². The molecule has 1 aliphatic rings. The molecule has 0 spiro atoms. The number of nitrogens with zero attached hydrogens (tertiary/aromatic N) is 2. The van der Waals surface area contributed by atoms with Gasteiger partial charge in [0.15, 0.2) is 0 Å². The van der Waals surface area contributed by atoms with Crippen LogP contribution in [0.4, 0.5) is 4.39 Å². The molecule has 0 radical (unpaired) electrons. The second kappa shape index (κ2) is 5.29. The van der Waals surface area contributed by atoms with Gasteiger partial charge in [-0.1, -0.05) is 24.4 Å². The fourth-order valence-corrected chi connectivity index (χ4v) is 3.30. The number of hydrogen-bond donors (Lipinski definition) is 0. The fraction of sp³-hybridized carbons (Fsp3) is 0.500. The van der Waals surface area contributed by atoms with E-state index < -0.39 is 5.82 Å². The van der Waals surface area contributed by atoms with Gasteiger partial charge >= 0.3 is 0 Å². The van der Waals surface area contributed by atoms with Gasteiger partial charge in [0.2, 0.25) is 0 Å². The highest BCUT2D eigenvalue weighted by Crippen LogP contribution is 2.35. The summed E-state index contributed by atoms with van der Waals surface area (Å²) in [4.78, 5) is 4.53. The Bertz CT molecular complexity index is 603. The highest BCUT2D eigenvalue weighted by atomic mass is 35.5. The third-order valence-electron chi connectivity index (χ3n) is 3.81. The smallest absolute Gasteiger partial charge is 0.144 e. The molecule has 0 N–H and O–H groups in total. The molecule has 0 atom stereocenters. The quantitative estimate of drug-likeness (QED) is 0.750. The van der Waals surface area contributed by atoms with Crippen molar-refractivity contribution in [1.82, 2.24) is 9.55 Å². The summed E-state index contributed by atoms with van der Waals surface area (Å²) in [5.41, 5.74) is 1.60. The molecule has 5 heteroatoms. The molecule has 0 aliphatic heterocycles. The molecule has 0 amide bonds. The minimum Gasteiger partial charge on any atom is -0.325 e. The van der Waals surface area contributed by atoms with Crippen LogP contribution in [0, 0.1) is 5.82 Å². The predicted molar refractivity (Wildman–Crippen MR) is 76.6 cm³/mol. The second-order valence-electron chi connectivity index (χ2n) is 5.03. The Balaban J connectivity index is 2.19. The first-order valence-corrected chi connectivity index (χ1v) is 7.54. The summed E-state index contributed by atoms with van der Waals surface area (Å²) in [5, 5.41) is 0.157. The molecule has 1 saturated carbocycles. The van der Waals surface area contributed by atoms with Crippen LogP contribution in [0.5, 0.6) is 0 Å². The molecule has 2 aromatic rings. The van der Waals surface area contributed by atoms with Crippen molar-refractivity contribution >= 4 is 34.2 Å². The zero-order valence-corrected chi connectivity index (χ0v) is 12.0.